The number of pyridine rings is 1. The Hall–Kier alpha value is -3.49. The van der Waals surface area contributed by atoms with Crippen molar-refractivity contribution in [1.82, 2.24) is 24.4 Å². The van der Waals surface area contributed by atoms with Crippen molar-refractivity contribution >= 4 is 29.1 Å². The molecule has 0 aliphatic heterocycles. The molecule has 4 rings (SSSR count). The molecular formula is C23H24ClN5O3. The van der Waals surface area contributed by atoms with Crippen molar-refractivity contribution in [3.05, 3.63) is 66.3 Å². The summed E-state index contributed by atoms with van der Waals surface area (Å²) in [5.74, 6) is 0.618. The van der Waals surface area contributed by atoms with E-state index in [1.807, 2.05) is 53.2 Å². The van der Waals surface area contributed by atoms with Crippen molar-refractivity contribution in [2.45, 2.75) is 6.42 Å². The first kappa shape index (κ1) is 23.2. The van der Waals surface area contributed by atoms with Crippen LogP contribution in [0.5, 0.6) is 5.88 Å². The first-order chi connectivity index (χ1) is 15.5. The van der Waals surface area contributed by atoms with Gasteiger partial charge in [-0.25, -0.2) is 15.0 Å². The molecule has 9 heteroatoms. The number of ether oxygens (including phenoxy) is 1. The molecule has 0 aliphatic carbocycles. The Bertz CT molecular complexity index is 1150. The zero-order valence-electron chi connectivity index (χ0n) is 17.8. The Kier molecular flexibility index (Phi) is 8.13. The van der Waals surface area contributed by atoms with Gasteiger partial charge in [-0.15, -0.1) is 0 Å². The molecular weight excluding hydrogens is 430 g/mol. The van der Waals surface area contributed by atoms with Gasteiger partial charge in [-0.1, -0.05) is 29.8 Å². The lowest BCUT2D eigenvalue weighted by Gasteiger charge is -2.10. The van der Waals surface area contributed by atoms with Gasteiger partial charge in [-0.05, 0) is 38.7 Å². The Morgan fingerprint density at radius 2 is 1.88 bits per heavy atom. The molecule has 1 aromatic carbocycles. The third kappa shape index (κ3) is 5.60. The quantitative estimate of drug-likeness (QED) is 0.255. The number of hydrogen-bond acceptors (Lipinski definition) is 6. The molecule has 0 amide bonds. The van der Waals surface area contributed by atoms with E-state index in [0.29, 0.717) is 17.6 Å². The number of para-hydroxylation sites is 1. The van der Waals surface area contributed by atoms with E-state index in [2.05, 4.69) is 33.9 Å². The molecule has 1 N–H and O–H groups in total. The number of benzene rings is 1. The van der Waals surface area contributed by atoms with E-state index < -0.39 is 0 Å². The van der Waals surface area contributed by atoms with Crippen molar-refractivity contribution < 1.29 is 14.6 Å². The number of halogens is 1. The molecule has 4 aromatic rings. The summed E-state index contributed by atoms with van der Waals surface area (Å²) in [5.41, 5.74) is 4.45. The van der Waals surface area contributed by atoms with Crippen LogP contribution in [0.1, 0.15) is 6.42 Å². The lowest BCUT2D eigenvalue weighted by atomic mass is 10.1. The van der Waals surface area contributed by atoms with Crippen LogP contribution < -0.4 is 4.74 Å². The summed E-state index contributed by atoms with van der Waals surface area (Å²) in [6.07, 6.45) is 6.27. The minimum Gasteiger partial charge on any atom is -0.483 e. The van der Waals surface area contributed by atoms with E-state index in [1.165, 1.54) is 6.33 Å². The lowest BCUT2D eigenvalue weighted by Crippen LogP contribution is -2.15. The minimum atomic E-state index is -0.250. The molecule has 0 saturated heterocycles. The summed E-state index contributed by atoms with van der Waals surface area (Å²) >= 11 is 6.42. The number of carbonyl (C=O) groups is 1. The summed E-state index contributed by atoms with van der Waals surface area (Å²) in [5, 5.41) is 7.30. The molecule has 166 valence electrons. The van der Waals surface area contributed by atoms with Crippen LogP contribution in [0, 0.1) is 0 Å². The minimum absolute atomic E-state index is 0.250. The van der Waals surface area contributed by atoms with Gasteiger partial charge in [0.2, 0.25) is 5.88 Å². The van der Waals surface area contributed by atoms with Crippen molar-refractivity contribution in [2.75, 3.05) is 27.2 Å². The van der Waals surface area contributed by atoms with Crippen LogP contribution in [0.3, 0.4) is 0 Å². The Morgan fingerprint density at radius 3 is 2.53 bits per heavy atom. The number of carboxylic acid groups (broad SMARTS) is 1. The maximum atomic E-state index is 8.36. The van der Waals surface area contributed by atoms with Gasteiger partial charge in [0.05, 0.1) is 6.61 Å². The molecule has 0 saturated carbocycles. The monoisotopic (exact) mass is 453 g/mol. The Morgan fingerprint density at radius 1 is 1.12 bits per heavy atom. The fourth-order valence-corrected chi connectivity index (χ4v) is 3.43. The molecule has 0 atom stereocenters. The van der Waals surface area contributed by atoms with E-state index in [-0.39, 0.29) is 6.47 Å². The summed E-state index contributed by atoms with van der Waals surface area (Å²) in [6, 6.07) is 13.9. The first-order valence-electron chi connectivity index (χ1n) is 9.94. The predicted octanol–water partition coefficient (Wildman–Crippen LogP) is 4.17. The van der Waals surface area contributed by atoms with Crippen LogP contribution >= 0.6 is 11.6 Å². The normalized spacial score (nSPS) is 10.6. The Labute approximate surface area is 191 Å². The zero-order valence-corrected chi connectivity index (χ0v) is 18.6. The molecule has 0 spiro atoms. The van der Waals surface area contributed by atoms with Crippen LogP contribution in [-0.4, -0.2) is 63.2 Å². The third-order valence-electron chi connectivity index (χ3n) is 4.61. The first-order valence-corrected chi connectivity index (χ1v) is 10.3. The van der Waals surface area contributed by atoms with Gasteiger partial charge in [0.15, 0.2) is 5.15 Å². The largest absolute Gasteiger partial charge is 0.483 e. The highest BCUT2D eigenvalue weighted by atomic mass is 35.5. The van der Waals surface area contributed by atoms with E-state index in [4.69, 9.17) is 26.2 Å². The predicted molar refractivity (Wildman–Crippen MR) is 124 cm³/mol. The standard InChI is InChI=1S/C22H22ClN5O.CH2O2/c1-27(2)11-6-12-29-19-10-9-16(13-24-19)18-14-28(17-7-4-3-5-8-17)21-20(18)25-15-26-22(21)23;2-1-3/h3-5,7-10,13-15H,6,11-12H2,1-2H3;1H,(H,2,3). The lowest BCUT2D eigenvalue weighted by molar-refractivity contribution is -0.122. The number of hydrogen-bond donors (Lipinski definition) is 1. The average molecular weight is 454 g/mol. The van der Waals surface area contributed by atoms with E-state index in [9.17, 15) is 0 Å². The highest BCUT2D eigenvalue weighted by molar-refractivity contribution is 6.34. The number of fused-ring (bicyclic) bond motifs is 1. The summed E-state index contributed by atoms with van der Waals surface area (Å²) in [6.45, 7) is 1.37. The second kappa shape index (κ2) is 11.2. The van der Waals surface area contributed by atoms with Crippen LogP contribution in [0.25, 0.3) is 27.8 Å². The Balaban J connectivity index is 0.000000913. The maximum absolute atomic E-state index is 8.36. The highest BCUT2D eigenvalue weighted by Crippen LogP contribution is 2.34. The topological polar surface area (TPSA) is 93.4 Å². The molecule has 3 heterocycles. The fraction of sp³-hybridized carbons (Fsp3) is 0.217. The van der Waals surface area contributed by atoms with Gasteiger partial charge in [-0.3, -0.25) is 4.79 Å². The molecule has 0 bridgehead atoms. The van der Waals surface area contributed by atoms with Gasteiger partial charge >= 0.3 is 0 Å². The van der Waals surface area contributed by atoms with E-state index >= 15 is 0 Å². The van der Waals surface area contributed by atoms with Crippen molar-refractivity contribution in [1.29, 1.82) is 0 Å². The third-order valence-corrected chi connectivity index (χ3v) is 4.89. The van der Waals surface area contributed by atoms with Gasteiger partial charge in [-0.2, -0.15) is 0 Å². The van der Waals surface area contributed by atoms with Gasteiger partial charge in [0, 0.05) is 41.8 Å². The molecule has 0 aliphatic rings. The number of rotatable bonds is 7. The van der Waals surface area contributed by atoms with Gasteiger partial charge < -0.3 is 19.3 Å². The van der Waals surface area contributed by atoms with E-state index in [0.717, 1.165) is 40.8 Å². The second-order valence-corrected chi connectivity index (χ2v) is 7.46. The summed E-state index contributed by atoms with van der Waals surface area (Å²) < 4.78 is 7.75. The molecule has 0 fully saturated rings. The second-order valence-electron chi connectivity index (χ2n) is 7.11. The van der Waals surface area contributed by atoms with Crippen LogP contribution in [0.15, 0.2) is 61.2 Å². The van der Waals surface area contributed by atoms with Gasteiger partial charge in [0.25, 0.3) is 6.47 Å². The molecule has 0 radical (unpaired) electrons. The number of aromatic nitrogens is 4. The molecule has 3 aromatic heterocycles. The van der Waals surface area contributed by atoms with Crippen molar-refractivity contribution in [3.63, 3.8) is 0 Å². The zero-order chi connectivity index (χ0) is 22.9. The SMILES string of the molecule is CN(C)CCCOc1ccc(-c2cn(-c3ccccc3)c3c(Cl)ncnc23)cn1.O=CO. The van der Waals surface area contributed by atoms with E-state index in [1.54, 1.807) is 6.20 Å². The summed E-state index contributed by atoms with van der Waals surface area (Å²) in [7, 11) is 4.10. The van der Waals surface area contributed by atoms with Crippen molar-refractivity contribution in [2.24, 2.45) is 0 Å². The smallest absolute Gasteiger partial charge is 0.290 e. The van der Waals surface area contributed by atoms with Crippen molar-refractivity contribution in [3.8, 4) is 22.7 Å². The maximum Gasteiger partial charge on any atom is 0.290 e. The average Bonchev–Trinajstić information content (AvgIpc) is 3.19. The fourth-order valence-electron chi connectivity index (χ4n) is 3.21. The van der Waals surface area contributed by atoms with Crippen LogP contribution in [0.2, 0.25) is 5.15 Å². The molecule has 8 nitrogen and oxygen atoms in total. The van der Waals surface area contributed by atoms with Gasteiger partial charge in [0.1, 0.15) is 17.4 Å². The molecule has 0 unspecified atom stereocenters. The highest BCUT2D eigenvalue weighted by Gasteiger charge is 2.16. The summed E-state index contributed by atoms with van der Waals surface area (Å²) in [4.78, 5) is 23.6. The van der Waals surface area contributed by atoms with Crippen LogP contribution in [0.4, 0.5) is 0 Å². The number of nitrogens with zero attached hydrogens (tertiary/aromatic N) is 5. The molecule has 32 heavy (non-hydrogen) atoms. The van der Waals surface area contributed by atoms with Crippen LogP contribution in [-0.2, 0) is 4.79 Å².